The van der Waals surface area contributed by atoms with E-state index in [4.69, 9.17) is 0 Å². The number of nitrogens with zero attached hydrogens (tertiary/aromatic N) is 2. The van der Waals surface area contributed by atoms with E-state index in [0.29, 0.717) is 10.2 Å². The summed E-state index contributed by atoms with van der Waals surface area (Å²) in [6.45, 7) is 2.15. The summed E-state index contributed by atoms with van der Waals surface area (Å²) in [6, 6.07) is 1.77. The number of hydrogen-bond acceptors (Lipinski definition) is 6. The summed E-state index contributed by atoms with van der Waals surface area (Å²) in [5.74, 6) is -2.59. The van der Waals surface area contributed by atoms with E-state index in [1.807, 2.05) is 0 Å². The van der Waals surface area contributed by atoms with Crippen LogP contribution in [0.4, 0.5) is 0 Å². The number of thiophene rings is 1. The molecular formula is C13H16N2Na2O4S. The second-order valence-corrected chi connectivity index (χ2v) is 5.50. The molecule has 2 N–H and O–H groups in total. The van der Waals surface area contributed by atoms with Crippen LogP contribution in [0.3, 0.4) is 0 Å². The molecule has 0 spiro atoms. The molecule has 0 amide bonds. The van der Waals surface area contributed by atoms with Crippen LogP contribution in [0, 0.1) is 0 Å². The molecule has 2 heterocycles. The van der Waals surface area contributed by atoms with Crippen molar-refractivity contribution < 1.29 is 79.6 Å². The van der Waals surface area contributed by atoms with Crippen LogP contribution >= 0.6 is 11.3 Å². The van der Waals surface area contributed by atoms with Crippen molar-refractivity contribution in [3.63, 3.8) is 0 Å². The zero-order chi connectivity index (χ0) is 13.8. The zero-order valence-corrected chi connectivity index (χ0v) is 18.0. The molecule has 0 atom stereocenters. The number of hydrogen-bond donors (Lipinski definition) is 0. The van der Waals surface area contributed by atoms with Gasteiger partial charge < -0.3 is 20.5 Å². The molecule has 2 rings (SSSR count). The minimum atomic E-state index is -1.52. The molecule has 0 aliphatic heterocycles. The van der Waals surface area contributed by atoms with Gasteiger partial charge in [-0.1, -0.05) is 26.2 Å². The standard InChI is InChI=1S/C13H16N2O3S.2Na.H2O/c1-2-3-4-5-6-8-7-9-11(16)14-10(13(17)18)15-12(9)19-8;;;/h7H,2-6H2,1H3,(H,17,18)(H,14,15,16);;;1H2/q;2*+1;/p-2. The van der Waals surface area contributed by atoms with E-state index in [0.717, 1.165) is 24.1 Å². The number of rotatable bonds is 6. The number of aromatic nitrogens is 2. The Bertz CT molecular complexity index is 607. The molecule has 0 saturated heterocycles. The fourth-order valence-corrected chi connectivity index (χ4v) is 2.95. The molecule has 0 saturated carbocycles. The van der Waals surface area contributed by atoms with Crippen LogP contribution in [0.2, 0.25) is 0 Å². The second kappa shape index (κ2) is 11.8. The van der Waals surface area contributed by atoms with Gasteiger partial charge in [-0.05, 0) is 18.9 Å². The van der Waals surface area contributed by atoms with Crippen LogP contribution < -0.4 is 69.3 Å². The Balaban J connectivity index is 0. The Hall–Kier alpha value is 0.270. The predicted octanol–water partition coefficient (Wildman–Crippen LogP) is -5.57. The van der Waals surface area contributed by atoms with Crippen LogP contribution in [0.25, 0.3) is 10.2 Å². The Morgan fingerprint density at radius 3 is 2.50 bits per heavy atom. The Morgan fingerprint density at radius 1 is 1.23 bits per heavy atom. The molecule has 0 bridgehead atoms. The molecule has 2 aromatic rings. The van der Waals surface area contributed by atoms with Gasteiger partial charge in [0.2, 0.25) is 0 Å². The first-order chi connectivity index (χ1) is 9.11. The van der Waals surface area contributed by atoms with E-state index in [-0.39, 0.29) is 64.6 Å². The number of fused-ring (bicyclic) bond motifs is 1. The maximum atomic E-state index is 11.7. The van der Waals surface area contributed by atoms with E-state index in [9.17, 15) is 15.0 Å². The van der Waals surface area contributed by atoms with Gasteiger partial charge in [0.15, 0.2) is 5.82 Å². The Kier molecular flexibility index (Phi) is 13.1. The van der Waals surface area contributed by atoms with Gasteiger partial charge >= 0.3 is 59.1 Å². The van der Waals surface area contributed by atoms with E-state index in [1.165, 1.54) is 24.2 Å². The van der Waals surface area contributed by atoms with Crippen molar-refractivity contribution in [1.29, 1.82) is 0 Å². The van der Waals surface area contributed by atoms with Gasteiger partial charge in [-0.15, -0.1) is 11.3 Å². The van der Waals surface area contributed by atoms with E-state index < -0.39 is 17.7 Å². The maximum Gasteiger partial charge on any atom is 1.00 e. The zero-order valence-electron chi connectivity index (χ0n) is 13.1. The summed E-state index contributed by atoms with van der Waals surface area (Å²) < 4.78 is 0. The van der Waals surface area contributed by atoms with Crippen molar-refractivity contribution in [3.05, 3.63) is 16.8 Å². The first kappa shape index (κ1) is 24.5. The third-order valence-corrected chi connectivity index (χ3v) is 3.96. The average Bonchev–Trinajstić information content (AvgIpc) is 2.78. The van der Waals surface area contributed by atoms with Gasteiger partial charge in [0, 0.05) is 16.1 Å². The number of carboxylic acid groups (broad SMARTS) is 1. The Labute approximate surface area is 177 Å². The van der Waals surface area contributed by atoms with E-state index in [1.54, 1.807) is 6.07 Å². The SMILES string of the molecule is CCCCCCc1cc2c([O-])nc(C(=O)[O-])nc2s1.O.[Na+].[Na+]. The summed E-state index contributed by atoms with van der Waals surface area (Å²) in [4.78, 5) is 19.4. The van der Waals surface area contributed by atoms with Crippen LogP contribution in [-0.2, 0) is 6.42 Å². The number of carboxylic acids is 1. The van der Waals surface area contributed by atoms with Crippen LogP contribution in [0.15, 0.2) is 6.07 Å². The summed E-state index contributed by atoms with van der Waals surface area (Å²) >= 11 is 1.36. The first-order valence-electron chi connectivity index (χ1n) is 6.30. The molecule has 9 heteroatoms. The fraction of sp³-hybridized carbons (Fsp3) is 0.462. The summed E-state index contributed by atoms with van der Waals surface area (Å²) in [6.07, 6.45) is 5.49. The van der Waals surface area contributed by atoms with E-state index >= 15 is 0 Å². The third-order valence-electron chi connectivity index (χ3n) is 2.87. The molecule has 22 heavy (non-hydrogen) atoms. The maximum absolute atomic E-state index is 11.7. The summed E-state index contributed by atoms with van der Waals surface area (Å²) in [7, 11) is 0. The molecule has 0 aliphatic carbocycles. The van der Waals surface area contributed by atoms with Gasteiger partial charge in [0.1, 0.15) is 10.8 Å². The molecule has 110 valence electrons. The minimum Gasteiger partial charge on any atom is -0.858 e. The number of aryl methyl sites for hydroxylation is 1. The van der Waals surface area contributed by atoms with Gasteiger partial charge in [-0.2, -0.15) is 0 Å². The number of unbranched alkanes of at least 4 members (excludes halogenated alkanes) is 3. The molecule has 0 aromatic carbocycles. The van der Waals surface area contributed by atoms with Crippen LogP contribution in [0.1, 0.15) is 48.1 Å². The van der Waals surface area contributed by atoms with Gasteiger partial charge in [0.25, 0.3) is 0 Å². The Morgan fingerprint density at radius 2 is 1.91 bits per heavy atom. The number of aromatic carboxylic acids is 1. The summed E-state index contributed by atoms with van der Waals surface area (Å²) in [5.41, 5.74) is 0. The average molecular weight is 342 g/mol. The predicted molar refractivity (Wildman–Crippen MR) is 72.7 cm³/mol. The minimum absolute atomic E-state index is 0. The third kappa shape index (κ3) is 6.41. The van der Waals surface area contributed by atoms with Gasteiger partial charge in [-0.3, -0.25) is 0 Å². The van der Waals surface area contributed by atoms with E-state index in [2.05, 4.69) is 16.9 Å². The normalized spacial score (nSPS) is 9.50. The summed E-state index contributed by atoms with van der Waals surface area (Å²) in [5, 5.41) is 22.7. The van der Waals surface area contributed by atoms with Crippen molar-refractivity contribution in [1.82, 2.24) is 9.97 Å². The quantitative estimate of drug-likeness (QED) is 0.383. The number of carbonyl (C=O) groups excluding carboxylic acids is 1. The first-order valence-corrected chi connectivity index (χ1v) is 7.12. The van der Waals surface area contributed by atoms with Crippen molar-refractivity contribution >= 4 is 27.5 Å². The number of carbonyl (C=O) groups is 1. The van der Waals surface area contributed by atoms with Crippen molar-refractivity contribution in [3.8, 4) is 5.88 Å². The van der Waals surface area contributed by atoms with Crippen molar-refractivity contribution in [2.24, 2.45) is 0 Å². The molecule has 6 nitrogen and oxygen atoms in total. The topological polar surface area (TPSA) is 120 Å². The molecule has 0 unspecified atom stereocenters. The van der Waals surface area contributed by atoms with Crippen molar-refractivity contribution in [2.45, 2.75) is 39.0 Å². The largest absolute Gasteiger partial charge is 1.00 e. The van der Waals surface area contributed by atoms with Gasteiger partial charge in [0.05, 0.1) is 0 Å². The van der Waals surface area contributed by atoms with Crippen LogP contribution in [0.5, 0.6) is 5.88 Å². The van der Waals surface area contributed by atoms with Crippen molar-refractivity contribution in [2.75, 3.05) is 0 Å². The smallest absolute Gasteiger partial charge is 0.858 e. The molecule has 2 aromatic heterocycles. The molecule has 0 fully saturated rings. The van der Waals surface area contributed by atoms with Gasteiger partial charge in [-0.25, -0.2) is 9.97 Å². The second-order valence-electron chi connectivity index (χ2n) is 4.38. The molecule has 0 radical (unpaired) electrons. The monoisotopic (exact) mass is 342 g/mol. The molecular weight excluding hydrogens is 326 g/mol. The fourth-order valence-electron chi connectivity index (χ4n) is 1.89. The molecule has 0 aliphatic rings. The van der Waals surface area contributed by atoms with Crippen LogP contribution in [-0.4, -0.2) is 21.4 Å².